The van der Waals surface area contributed by atoms with E-state index in [9.17, 15) is 4.79 Å². The van der Waals surface area contributed by atoms with Crippen LogP contribution in [0.4, 0.5) is 5.82 Å². The summed E-state index contributed by atoms with van der Waals surface area (Å²) in [6, 6.07) is 12.9. The number of methoxy groups -OCH3 is 3. The molecular weight excluding hydrogens is 396 g/mol. The number of pyridine rings is 1. The van der Waals surface area contributed by atoms with Crippen LogP contribution in [0.3, 0.4) is 0 Å². The Bertz CT molecular complexity index is 1060. The van der Waals surface area contributed by atoms with Gasteiger partial charge in [0.25, 0.3) is 0 Å². The van der Waals surface area contributed by atoms with Crippen molar-refractivity contribution in [3.8, 4) is 39.5 Å². The van der Waals surface area contributed by atoms with E-state index in [0.29, 0.717) is 47.0 Å². The summed E-state index contributed by atoms with van der Waals surface area (Å²) < 4.78 is 16.3. The maximum absolute atomic E-state index is 12.3. The molecule has 0 aliphatic carbocycles. The third-order valence-electron chi connectivity index (χ3n) is 4.97. The van der Waals surface area contributed by atoms with Gasteiger partial charge in [0.05, 0.1) is 21.3 Å². The van der Waals surface area contributed by atoms with Gasteiger partial charge in [-0.1, -0.05) is 18.2 Å². The summed E-state index contributed by atoms with van der Waals surface area (Å²) in [6.07, 6.45) is 2.42. The second kappa shape index (κ2) is 9.95. The topological polar surface area (TPSA) is 104 Å². The Morgan fingerprint density at radius 1 is 0.968 bits per heavy atom. The third kappa shape index (κ3) is 4.78. The number of aromatic nitrogens is 1. The van der Waals surface area contributed by atoms with Crippen LogP contribution < -0.4 is 19.9 Å². The first-order valence-electron chi connectivity index (χ1n) is 9.82. The smallest absolute Gasteiger partial charge is 0.203 e. The van der Waals surface area contributed by atoms with E-state index in [4.69, 9.17) is 25.1 Å². The fourth-order valence-electron chi connectivity index (χ4n) is 3.36. The predicted octanol–water partition coefficient (Wildman–Crippen LogP) is 3.98. The second-order valence-electron chi connectivity index (χ2n) is 6.90. The van der Waals surface area contributed by atoms with Crippen molar-refractivity contribution >= 4 is 11.6 Å². The molecule has 31 heavy (non-hydrogen) atoms. The fraction of sp³-hybridized carbons (Fsp3) is 0.250. The highest BCUT2D eigenvalue weighted by atomic mass is 16.5. The first-order valence-corrected chi connectivity index (χ1v) is 9.82. The fourth-order valence-corrected chi connectivity index (χ4v) is 3.36. The van der Waals surface area contributed by atoms with Gasteiger partial charge in [0.1, 0.15) is 5.82 Å². The number of hydrogen-bond donors (Lipinski definition) is 2. The number of aliphatic hydroxyl groups is 1. The lowest BCUT2D eigenvalue weighted by atomic mass is 9.97. The van der Waals surface area contributed by atoms with Gasteiger partial charge in [-0.2, -0.15) is 0 Å². The number of ether oxygens (including phenoxy) is 3. The van der Waals surface area contributed by atoms with Gasteiger partial charge in [0.15, 0.2) is 17.3 Å². The van der Waals surface area contributed by atoms with Crippen molar-refractivity contribution in [3.63, 3.8) is 0 Å². The number of carbonyl (C=O) groups is 1. The molecule has 0 aliphatic heterocycles. The zero-order chi connectivity index (χ0) is 22.4. The van der Waals surface area contributed by atoms with Crippen LogP contribution in [-0.4, -0.2) is 43.8 Å². The van der Waals surface area contributed by atoms with Crippen molar-refractivity contribution in [2.45, 2.75) is 12.8 Å². The van der Waals surface area contributed by atoms with Gasteiger partial charge < -0.3 is 25.1 Å². The van der Waals surface area contributed by atoms with E-state index < -0.39 is 0 Å². The van der Waals surface area contributed by atoms with E-state index in [1.807, 2.05) is 36.4 Å². The van der Waals surface area contributed by atoms with Crippen molar-refractivity contribution < 1.29 is 24.1 Å². The normalized spacial score (nSPS) is 10.6. The third-order valence-corrected chi connectivity index (χ3v) is 4.97. The van der Waals surface area contributed by atoms with Gasteiger partial charge in [-0.25, -0.2) is 4.98 Å². The van der Waals surface area contributed by atoms with Crippen LogP contribution in [0.1, 0.15) is 23.2 Å². The van der Waals surface area contributed by atoms with E-state index in [1.165, 1.54) is 0 Å². The molecule has 2 aromatic carbocycles. The van der Waals surface area contributed by atoms with E-state index in [2.05, 4.69) is 4.98 Å². The first-order chi connectivity index (χ1) is 15.0. The summed E-state index contributed by atoms with van der Waals surface area (Å²) in [7, 11) is 4.65. The van der Waals surface area contributed by atoms with Crippen LogP contribution in [0.2, 0.25) is 0 Å². The Labute approximate surface area is 181 Å². The van der Waals surface area contributed by atoms with Crippen LogP contribution in [0.5, 0.6) is 17.2 Å². The largest absolute Gasteiger partial charge is 0.493 e. The number of nitrogens with zero attached hydrogens (tertiary/aromatic N) is 1. The molecule has 0 amide bonds. The number of nitrogen functional groups attached to an aromatic ring is 1. The van der Waals surface area contributed by atoms with Crippen LogP contribution in [-0.2, 0) is 0 Å². The summed E-state index contributed by atoms with van der Waals surface area (Å²) in [5, 5.41) is 8.97. The molecule has 0 fully saturated rings. The Kier molecular flexibility index (Phi) is 7.10. The molecule has 0 saturated heterocycles. The summed E-state index contributed by atoms with van der Waals surface area (Å²) in [4.78, 5) is 16.7. The zero-order valence-electron chi connectivity index (χ0n) is 17.8. The highest BCUT2D eigenvalue weighted by Gasteiger charge is 2.17. The number of Topliss-reactive ketones (excluding diaryl/α,β-unsaturated/α-hetero) is 1. The standard InChI is InChI=1S/C24H26N2O5/c1-29-21-12-17(13-22(30-2)23(21)31-3)19-11-18(14-26-24(19)25)15-6-4-7-16(10-15)20(28)8-5-9-27/h4,6-7,10-14,27H,5,8-9H2,1-3H3,(H2,25,26). The quantitative estimate of drug-likeness (QED) is 0.503. The Balaban J connectivity index is 2.05. The lowest BCUT2D eigenvalue weighted by Gasteiger charge is -2.15. The highest BCUT2D eigenvalue weighted by Crippen LogP contribution is 2.42. The molecule has 3 aromatic rings. The zero-order valence-corrected chi connectivity index (χ0v) is 17.8. The molecule has 0 radical (unpaired) electrons. The molecule has 162 valence electrons. The molecule has 7 heteroatoms. The minimum Gasteiger partial charge on any atom is -0.493 e. The Morgan fingerprint density at radius 2 is 1.68 bits per heavy atom. The monoisotopic (exact) mass is 422 g/mol. The van der Waals surface area contributed by atoms with E-state index in [1.54, 1.807) is 33.6 Å². The first kappa shape index (κ1) is 22.1. The molecule has 0 spiro atoms. The summed E-state index contributed by atoms with van der Waals surface area (Å²) in [6.45, 7) is -0.00847. The van der Waals surface area contributed by atoms with E-state index in [-0.39, 0.29) is 12.4 Å². The summed E-state index contributed by atoms with van der Waals surface area (Å²) >= 11 is 0. The minimum absolute atomic E-state index is 0.00847. The van der Waals surface area contributed by atoms with Crippen molar-refractivity contribution in [2.75, 3.05) is 33.7 Å². The molecule has 3 rings (SSSR count). The molecule has 1 heterocycles. The molecule has 0 aliphatic rings. The molecule has 0 saturated carbocycles. The van der Waals surface area contributed by atoms with Crippen LogP contribution in [0, 0.1) is 0 Å². The second-order valence-corrected chi connectivity index (χ2v) is 6.90. The molecule has 3 N–H and O–H groups in total. The SMILES string of the molecule is COc1cc(-c2cc(-c3cccc(C(=O)CCCO)c3)cnc2N)cc(OC)c1OC. The predicted molar refractivity (Wildman–Crippen MR) is 120 cm³/mol. The number of hydrogen-bond acceptors (Lipinski definition) is 7. The van der Waals surface area contributed by atoms with Gasteiger partial charge in [0.2, 0.25) is 5.75 Å². The van der Waals surface area contributed by atoms with Crippen molar-refractivity contribution in [1.82, 2.24) is 4.98 Å². The number of benzene rings is 2. The van der Waals surface area contributed by atoms with Crippen molar-refractivity contribution in [2.24, 2.45) is 0 Å². The molecule has 0 bridgehead atoms. The Hall–Kier alpha value is -3.58. The summed E-state index contributed by atoms with van der Waals surface area (Å²) in [5.74, 6) is 1.86. The average molecular weight is 422 g/mol. The van der Waals surface area contributed by atoms with E-state index in [0.717, 1.165) is 16.7 Å². The molecule has 0 atom stereocenters. The van der Waals surface area contributed by atoms with Crippen molar-refractivity contribution in [3.05, 3.63) is 54.2 Å². The number of rotatable bonds is 9. The van der Waals surface area contributed by atoms with Crippen LogP contribution in [0.25, 0.3) is 22.3 Å². The van der Waals surface area contributed by atoms with Gasteiger partial charge >= 0.3 is 0 Å². The van der Waals surface area contributed by atoms with Crippen molar-refractivity contribution in [1.29, 1.82) is 0 Å². The molecular formula is C24H26N2O5. The lowest BCUT2D eigenvalue weighted by Crippen LogP contribution is -2.01. The lowest BCUT2D eigenvalue weighted by molar-refractivity contribution is 0.0971. The maximum atomic E-state index is 12.3. The minimum atomic E-state index is -0.0100. The summed E-state index contributed by atoms with van der Waals surface area (Å²) in [5.41, 5.74) is 9.90. The molecule has 1 aromatic heterocycles. The number of aliphatic hydroxyl groups excluding tert-OH is 1. The van der Waals surface area contributed by atoms with E-state index >= 15 is 0 Å². The Morgan fingerprint density at radius 3 is 2.29 bits per heavy atom. The average Bonchev–Trinajstić information content (AvgIpc) is 2.81. The maximum Gasteiger partial charge on any atom is 0.203 e. The molecule has 7 nitrogen and oxygen atoms in total. The van der Waals surface area contributed by atoms with Gasteiger partial charge in [-0.3, -0.25) is 4.79 Å². The number of nitrogens with two attached hydrogens (primary N) is 1. The van der Waals surface area contributed by atoms with Gasteiger partial charge in [-0.05, 0) is 41.8 Å². The van der Waals surface area contributed by atoms with Gasteiger partial charge in [-0.15, -0.1) is 0 Å². The number of ketones is 1. The highest BCUT2D eigenvalue weighted by molar-refractivity contribution is 5.97. The van der Waals surface area contributed by atoms with Crippen LogP contribution in [0.15, 0.2) is 48.7 Å². The van der Waals surface area contributed by atoms with Crippen LogP contribution >= 0.6 is 0 Å². The molecule has 0 unspecified atom stereocenters. The number of carbonyl (C=O) groups excluding carboxylic acids is 1. The number of anilines is 1. The van der Waals surface area contributed by atoms with Gasteiger partial charge in [0, 0.05) is 35.9 Å².